The molecule has 1 N–H and O–H groups in total. The Morgan fingerprint density at radius 2 is 1.71 bits per heavy atom. The number of nitrogens with one attached hydrogen (secondary N) is 1. The molecule has 1 amide bonds. The number of amides is 1. The molecule has 0 unspecified atom stereocenters. The Kier molecular flexibility index (Phi) is 5.84. The van der Waals surface area contributed by atoms with Crippen LogP contribution in [0.2, 0.25) is 0 Å². The molecule has 1 heterocycles. The first-order valence-electron chi connectivity index (χ1n) is 8.91. The van der Waals surface area contributed by atoms with Gasteiger partial charge in [0.1, 0.15) is 0 Å². The molecule has 1 aromatic heterocycles. The number of esters is 1. The normalized spacial score (nSPS) is 11.8. The maximum atomic E-state index is 12.3. The largest absolute Gasteiger partial charge is 0.452 e. The zero-order valence-electron chi connectivity index (χ0n) is 15.7. The monoisotopic (exact) mass is 379 g/mol. The summed E-state index contributed by atoms with van der Waals surface area (Å²) in [5.41, 5.74) is 1.15. The third-order valence-corrected chi connectivity index (χ3v) is 4.33. The van der Waals surface area contributed by atoms with Crippen molar-refractivity contribution >= 4 is 22.6 Å². The van der Waals surface area contributed by atoms with Crippen molar-refractivity contribution in [1.29, 1.82) is 0 Å². The molecule has 0 radical (unpaired) electrons. The number of aryl methyl sites for hydroxylation is 1. The predicted octanol–water partition coefficient (Wildman–Crippen LogP) is 1.72. The Labute approximate surface area is 161 Å². The molecule has 7 heteroatoms. The number of nitrogens with zero attached hydrogens (tertiary/aromatic N) is 2. The molecule has 28 heavy (non-hydrogen) atoms. The molecule has 0 aliphatic carbocycles. The molecular formula is C21H21N3O4. The smallest absolute Gasteiger partial charge is 0.312 e. The third kappa shape index (κ3) is 4.43. The van der Waals surface area contributed by atoms with Crippen LogP contribution in [-0.2, 0) is 34.3 Å². The summed E-state index contributed by atoms with van der Waals surface area (Å²) < 4.78 is 6.44. The van der Waals surface area contributed by atoms with Gasteiger partial charge in [0.2, 0.25) is 0 Å². The summed E-state index contributed by atoms with van der Waals surface area (Å²) in [4.78, 5) is 36.6. The van der Waals surface area contributed by atoms with E-state index in [-0.39, 0.29) is 17.9 Å². The highest BCUT2D eigenvalue weighted by Crippen LogP contribution is 2.14. The van der Waals surface area contributed by atoms with Crippen molar-refractivity contribution in [2.24, 2.45) is 7.05 Å². The van der Waals surface area contributed by atoms with Gasteiger partial charge in [0.25, 0.3) is 11.5 Å². The summed E-state index contributed by atoms with van der Waals surface area (Å²) in [6.45, 7) is 1.87. The van der Waals surface area contributed by atoms with Crippen LogP contribution in [0.4, 0.5) is 0 Å². The van der Waals surface area contributed by atoms with E-state index in [1.807, 2.05) is 30.3 Å². The first-order chi connectivity index (χ1) is 13.5. The maximum absolute atomic E-state index is 12.3. The van der Waals surface area contributed by atoms with Crippen LogP contribution >= 0.6 is 0 Å². The summed E-state index contributed by atoms with van der Waals surface area (Å²) in [7, 11) is 1.53. The molecular weight excluding hydrogens is 358 g/mol. The highest BCUT2D eigenvalue weighted by molar-refractivity contribution is 5.88. The van der Waals surface area contributed by atoms with Crippen molar-refractivity contribution in [2.45, 2.75) is 26.0 Å². The Balaban J connectivity index is 1.64. The number of ether oxygens (including phenoxy) is 1. The average molecular weight is 379 g/mol. The second-order valence-electron chi connectivity index (χ2n) is 6.43. The van der Waals surface area contributed by atoms with Crippen molar-refractivity contribution in [1.82, 2.24) is 15.1 Å². The van der Waals surface area contributed by atoms with Crippen molar-refractivity contribution in [3.05, 3.63) is 76.2 Å². The Bertz CT molecular complexity index is 1060. The molecule has 0 saturated carbocycles. The predicted molar refractivity (Wildman–Crippen MR) is 105 cm³/mol. The quantitative estimate of drug-likeness (QED) is 0.659. The molecule has 2 aromatic carbocycles. The maximum Gasteiger partial charge on any atom is 0.312 e. The van der Waals surface area contributed by atoms with E-state index in [9.17, 15) is 14.4 Å². The lowest BCUT2D eigenvalue weighted by Gasteiger charge is -2.14. The molecule has 3 rings (SSSR count). The summed E-state index contributed by atoms with van der Waals surface area (Å²) in [6.07, 6.45) is -1.07. The Morgan fingerprint density at radius 3 is 2.43 bits per heavy atom. The van der Waals surface area contributed by atoms with Crippen LogP contribution in [0.3, 0.4) is 0 Å². The van der Waals surface area contributed by atoms with Crippen LogP contribution in [0.25, 0.3) is 10.8 Å². The number of benzene rings is 2. The number of carbonyl (C=O) groups is 2. The molecule has 3 aromatic rings. The van der Waals surface area contributed by atoms with Gasteiger partial charge in [-0.3, -0.25) is 14.4 Å². The number of hydrogen-bond acceptors (Lipinski definition) is 5. The van der Waals surface area contributed by atoms with Gasteiger partial charge in [-0.2, -0.15) is 5.10 Å². The zero-order valence-corrected chi connectivity index (χ0v) is 15.7. The van der Waals surface area contributed by atoms with Gasteiger partial charge in [-0.25, -0.2) is 4.68 Å². The number of hydrogen-bond donors (Lipinski definition) is 1. The molecule has 1 atom stereocenters. The van der Waals surface area contributed by atoms with Gasteiger partial charge in [0.05, 0.1) is 17.5 Å². The second kappa shape index (κ2) is 8.47. The van der Waals surface area contributed by atoms with Crippen molar-refractivity contribution in [2.75, 3.05) is 0 Å². The van der Waals surface area contributed by atoms with E-state index in [1.54, 1.807) is 24.3 Å². The fourth-order valence-corrected chi connectivity index (χ4v) is 2.86. The van der Waals surface area contributed by atoms with Gasteiger partial charge in [0.15, 0.2) is 6.10 Å². The van der Waals surface area contributed by atoms with Crippen LogP contribution in [0.15, 0.2) is 59.4 Å². The fraction of sp³-hybridized carbons (Fsp3) is 0.238. The van der Waals surface area contributed by atoms with Gasteiger partial charge in [-0.1, -0.05) is 48.5 Å². The third-order valence-electron chi connectivity index (χ3n) is 4.33. The highest BCUT2D eigenvalue weighted by atomic mass is 16.5. The summed E-state index contributed by atoms with van der Waals surface area (Å²) in [5.74, 6) is -0.964. The van der Waals surface area contributed by atoms with E-state index in [0.29, 0.717) is 23.0 Å². The van der Waals surface area contributed by atoms with E-state index in [1.165, 1.54) is 18.7 Å². The van der Waals surface area contributed by atoms with Crippen LogP contribution in [-0.4, -0.2) is 27.8 Å². The van der Waals surface area contributed by atoms with E-state index >= 15 is 0 Å². The van der Waals surface area contributed by atoms with E-state index < -0.39 is 12.1 Å². The minimum Gasteiger partial charge on any atom is -0.452 e. The van der Waals surface area contributed by atoms with Gasteiger partial charge >= 0.3 is 5.97 Å². The zero-order chi connectivity index (χ0) is 20.1. The van der Waals surface area contributed by atoms with Gasteiger partial charge in [-0.15, -0.1) is 0 Å². The molecule has 0 bridgehead atoms. The van der Waals surface area contributed by atoms with Crippen LogP contribution < -0.4 is 10.9 Å². The SMILES string of the molecule is C[C@H](OC(=O)Cc1nn(C)c(=O)c2ccccc12)C(=O)NCc1ccccc1. The molecule has 0 aliphatic rings. The minimum atomic E-state index is -0.935. The van der Waals surface area contributed by atoms with Gasteiger partial charge in [0, 0.05) is 19.0 Å². The van der Waals surface area contributed by atoms with Gasteiger partial charge in [-0.05, 0) is 18.6 Å². The topological polar surface area (TPSA) is 90.3 Å². The lowest BCUT2D eigenvalue weighted by molar-refractivity contribution is -0.154. The van der Waals surface area contributed by atoms with Crippen molar-refractivity contribution < 1.29 is 14.3 Å². The molecule has 0 spiro atoms. The molecule has 0 saturated heterocycles. The Morgan fingerprint density at radius 1 is 1.07 bits per heavy atom. The lowest BCUT2D eigenvalue weighted by atomic mass is 10.1. The Hall–Kier alpha value is -3.48. The fourth-order valence-electron chi connectivity index (χ4n) is 2.86. The van der Waals surface area contributed by atoms with Crippen LogP contribution in [0.1, 0.15) is 18.2 Å². The number of carbonyl (C=O) groups excluding carboxylic acids is 2. The first kappa shape index (κ1) is 19.3. The van der Waals surface area contributed by atoms with Crippen molar-refractivity contribution in [3.8, 4) is 0 Å². The number of aromatic nitrogens is 2. The lowest BCUT2D eigenvalue weighted by Crippen LogP contribution is -2.36. The van der Waals surface area contributed by atoms with E-state index in [4.69, 9.17) is 4.74 Å². The van der Waals surface area contributed by atoms with E-state index in [2.05, 4.69) is 10.4 Å². The number of rotatable bonds is 6. The first-order valence-corrected chi connectivity index (χ1v) is 8.91. The summed E-state index contributed by atoms with van der Waals surface area (Å²) in [5, 5.41) is 7.99. The van der Waals surface area contributed by atoms with Crippen molar-refractivity contribution in [3.63, 3.8) is 0 Å². The van der Waals surface area contributed by atoms with E-state index in [0.717, 1.165) is 5.56 Å². The number of fused-ring (bicyclic) bond motifs is 1. The van der Waals surface area contributed by atoms with Gasteiger partial charge < -0.3 is 10.1 Å². The standard InChI is InChI=1S/C21H21N3O4/c1-14(20(26)22-13-15-8-4-3-5-9-15)28-19(25)12-18-16-10-6-7-11-17(16)21(27)24(2)23-18/h3-11,14H,12-13H2,1-2H3,(H,22,26)/t14-/m0/s1. The molecule has 0 fully saturated rings. The molecule has 7 nitrogen and oxygen atoms in total. The average Bonchev–Trinajstić information content (AvgIpc) is 2.70. The summed E-state index contributed by atoms with van der Waals surface area (Å²) >= 11 is 0. The molecule has 144 valence electrons. The second-order valence-corrected chi connectivity index (χ2v) is 6.43. The van der Waals surface area contributed by atoms with Crippen LogP contribution in [0.5, 0.6) is 0 Å². The highest BCUT2D eigenvalue weighted by Gasteiger charge is 2.19. The van der Waals surface area contributed by atoms with Crippen LogP contribution in [0, 0.1) is 0 Å². The molecule has 0 aliphatic heterocycles. The minimum absolute atomic E-state index is 0.134. The summed E-state index contributed by atoms with van der Waals surface area (Å²) in [6, 6.07) is 16.4.